The third-order valence-electron chi connectivity index (χ3n) is 11.7. The number of rotatable bonds is 7. The first-order chi connectivity index (χ1) is 28.8. The van der Waals surface area contributed by atoms with Gasteiger partial charge in [0.25, 0.3) is 0 Å². The van der Waals surface area contributed by atoms with Crippen molar-refractivity contribution in [3.05, 3.63) is 224 Å². The molecule has 0 bridgehead atoms. The molecule has 0 N–H and O–H groups in total. The van der Waals surface area contributed by atoms with E-state index in [-0.39, 0.29) is 0 Å². The summed E-state index contributed by atoms with van der Waals surface area (Å²) in [6.45, 7) is 0. The summed E-state index contributed by atoms with van der Waals surface area (Å²) >= 11 is 0. The highest BCUT2D eigenvalue weighted by Gasteiger charge is 2.22. The van der Waals surface area contributed by atoms with Crippen LogP contribution in [0.15, 0.2) is 222 Å². The van der Waals surface area contributed by atoms with Crippen molar-refractivity contribution in [3.63, 3.8) is 0 Å². The molecular weight excluding hydrogens is 703 g/mol. The quantitative estimate of drug-likeness (QED) is 0.162. The summed E-state index contributed by atoms with van der Waals surface area (Å²) in [7, 11) is 0. The summed E-state index contributed by atoms with van der Waals surface area (Å²) < 4.78 is 6.25. The molecule has 1 aliphatic rings. The van der Waals surface area contributed by atoms with Crippen molar-refractivity contribution in [1.82, 2.24) is 0 Å². The maximum absolute atomic E-state index is 6.25. The van der Waals surface area contributed by atoms with Crippen LogP contribution < -0.4 is 4.90 Å². The number of furan rings is 1. The molecule has 58 heavy (non-hydrogen) atoms. The van der Waals surface area contributed by atoms with Crippen LogP contribution in [0.4, 0.5) is 11.4 Å². The SMILES string of the molecule is C1=C(c2ccccc2)C(N(c2ccc(-c3ccc4ccc5oc6ccccc6c5c4c3)cc2)c2ccc(-c3ccc(-c4ccccc4)c4ccccc34)cc2)=CCC1. The van der Waals surface area contributed by atoms with Crippen molar-refractivity contribution in [2.75, 3.05) is 4.90 Å². The molecule has 0 aliphatic heterocycles. The van der Waals surface area contributed by atoms with Crippen LogP contribution in [0.3, 0.4) is 0 Å². The van der Waals surface area contributed by atoms with Crippen LogP contribution in [0.25, 0.3) is 82.4 Å². The molecule has 0 amide bonds. The Balaban J connectivity index is 0.998. The van der Waals surface area contributed by atoms with E-state index in [0.29, 0.717) is 0 Å². The second-order valence-electron chi connectivity index (χ2n) is 15.1. The number of nitrogens with zero attached hydrogens (tertiary/aromatic N) is 1. The van der Waals surface area contributed by atoms with Crippen LogP contribution in [0, 0.1) is 0 Å². The fourth-order valence-corrected chi connectivity index (χ4v) is 8.92. The zero-order valence-corrected chi connectivity index (χ0v) is 32.0. The number of hydrogen-bond donors (Lipinski definition) is 0. The Morgan fingerprint density at radius 3 is 1.59 bits per heavy atom. The molecule has 0 spiro atoms. The van der Waals surface area contributed by atoms with Crippen LogP contribution in [0.5, 0.6) is 0 Å². The number of para-hydroxylation sites is 1. The lowest BCUT2D eigenvalue weighted by atomic mass is 9.92. The van der Waals surface area contributed by atoms with Gasteiger partial charge in [0.05, 0.1) is 0 Å². The average molecular weight is 742 g/mol. The van der Waals surface area contributed by atoms with Crippen LogP contribution in [0.1, 0.15) is 18.4 Å². The Hall–Kier alpha value is -7.42. The van der Waals surface area contributed by atoms with Crippen molar-refractivity contribution in [2.24, 2.45) is 0 Å². The Labute approximate surface area is 338 Å². The van der Waals surface area contributed by atoms with E-state index in [1.54, 1.807) is 0 Å². The largest absolute Gasteiger partial charge is 0.456 e. The molecule has 11 rings (SSSR count). The molecule has 0 saturated heterocycles. The summed E-state index contributed by atoms with van der Waals surface area (Å²) in [5.41, 5.74) is 15.0. The Kier molecular flexibility index (Phi) is 8.33. The molecule has 0 fully saturated rings. The zero-order chi connectivity index (χ0) is 38.4. The molecule has 9 aromatic carbocycles. The van der Waals surface area contributed by atoms with Gasteiger partial charge >= 0.3 is 0 Å². The topological polar surface area (TPSA) is 16.4 Å². The van der Waals surface area contributed by atoms with Crippen LogP contribution in [-0.2, 0) is 0 Å². The smallest absolute Gasteiger partial charge is 0.136 e. The van der Waals surface area contributed by atoms with E-state index in [4.69, 9.17) is 4.42 Å². The number of allylic oxidation sites excluding steroid dienone is 3. The third-order valence-corrected chi connectivity index (χ3v) is 11.7. The second kappa shape index (κ2) is 14.3. The predicted octanol–water partition coefficient (Wildman–Crippen LogP) is 15.8. The summed E-state index contributed by atoms with van der Waals surface area (Å²) in [5.74, 6) is 0. The third kappa shape index (κ3) is 5.90. The van der Waals surface area contributed by atoms with Gasteiger partial charge in [-0.2, -0.15) is 0 Å². The molecule has 0 atom stereocenters. The van der Waals surface area contributed by atoms with Crippen molar-refractivity contribution in [3.8, 4) is 33.4 Å². The first-order valence-electron chi connectivity index (χ1n) is 20.2. The molecule has 2 nitrogen and oxygen atoms in total. The molecule has 1 heterocycles. The lowest BCUT2D eigenvalue weighted by Gasteiger charge is -2.31. The van der Waals surface area contributed by atoms with E-state index in [9.17, 15) is 0 Å². The molecule has 1 aromatic heterocycles. The Morgan fingerprint density at radius 2 is 0.897 bits per heavy atom. The predicted molar refractivity (Wildman–Crippen MR) is 245 cm³/mol. The molecule has 10 aromatic rings. The van der Waals surface area contributed by atoms with E-state index < -0.39 is 0 Å². The first kappa shape index (κ1) is 33.9. The van der Waals surface area contributed by atoms with Gasteiger partial charge in [-0.1, -0.05) is 170 Å². The monoisotopic (exact) mass is 741 g/mol. The minimum atomic E-state index is 0.920. The molecular formula is C56H39NO. The lowest BCUT2D eigenvalue weighted by Crippen LogP contribution is -2.19. The number of benzene rings is 9. The first-order valence-corrected chi connectivity index (χ1v) is 20.2. The maximum Gasteiger partial charge on any atom is 0.136 e. The fourth-order valence-electron chi connectivity index (χ4n) is 8.92. The second-order valence-corrected chi connectivity index (χ2v) is 15.1. The summed E-state index contributed by atoms with van der Waals surface area (Å²) in [4.78, 5) is 2.43. The van der Waals surface area contributed by atoms with Gasteiger partial charge in [-0.3, -0.25) is 0 Å². The summed E-state index contributed by atoms with van der Waals surface area (Å²) in [6.07, 6.45) is 6.82. The van der Waals surface area contributed by atoms with E-state index in [1.807, 2.05) is 6.07 Å². The van der Waals surface area contributed by atoms with Crippen molar-refractivity contribution in [1.29, 1.82) is 0 Å². The summed E-state index contributed by atoms with van der Waals surface area (Å²) in [5, 5.41) is 7.25. The van der Waals surface area contributed by atoms with Crippen molar-refractivity contribution in [2.45, 2.75) is 12.8 Å². The van der Waals surface area contributed by atoms with Crippen molar-refractivity contribution >= 4 is 60.4 Å². The highest BCUT2D eigenvalue weighted by molar-refractivity contribution is 6.19. The molecule has 1 aliphatic carbocycles. The number of fused-ring (bicyclic) bond motifs is 6. The van der Waals surface area contributed by atoms with Crippen LogP contribution >= 0.6 is 0 Å². The van der Waals surface area contributed by atoms with Gasteiger partial charge in [-0.15, -0.1) is 0 Å². The fraction of sp³-hybridized carbons (Fsp3) is 0.0357. The van der Waals surface area contributed by atoms with Gasteiger partial charge in [0, 0.05) is 33.4 Å². The molecule has 2 heteroatoms. The molecule has 0 saturated carbocycles. The van der Waals surface area contributed by atoms with Crippen LogP contribution in [-0.4, -0.2) is 0 Å². The lowest BCUT2D eigenvalue weighted by molar-refractivity contribution is 0.669. The minimum Gasteiger partial charge on any atom is -0.456 e. The van der Waals surface area contributed by atoms with E-state index in [1.165, 1.54) is 77.1 Å². The molecule has 0 unspecified atom stereocenters. The summed E-state index contributed by atoms with van der Waals surface area (Å²) in [6, 6.07) is 72.4. The number of hydrogen-bond acceptors (Lipinski definition) is 2. The van der Waals surface area contributed by atoms with Gasteiger partial charge in [-0.25, -0.2) is 0 Å². The molecule has 274 valence electrons. The van der Waals surface area contributed by atoms with Gasteiger partial charge in [-0.05, 0) is 116 Å². The van der Waals surface area contributed by atoms with Gasteiger partial charge in [0.15, 0.2) is 0 Å². The highest BCUT2D eigenvalue weighted by Crippen LogP contribution is 2.42. The Bertz CT molecular complexity index is 3190. The Morgan fingerprint density at radius 1 is 0.362 bits per heavy atom. The maximum atomic E-state index is 6.25. The van der Waals surface area contributed by atoms with E-state index in [0.717, 1.165) is 40.8 Å². The van der Waals surface area contributed by atoms with E-state index in [2.05, 4.69) is 211 Å². The normalized spacial score (nSPS) is 12.9. The van der Waals surface area contributed by atoms with E-state index >= 15 is 0 Å². The van der Waals surface area contributed by atoms with Crippen LogP contribution in [0.2, 0.25) is 0 Å². The molecule has 0 radical (unpaired) electrons. The van der Waals surface area contributed by atoms with Gasteiger partial charge in [0.2, 0.25) is 0 Å². The highest BCUT2D eigenvalue weighted by atomic mass is 16.3. The number of anilines is 2. The minimum absolute atomic E-state index is 0.920. The average Bonchev–Trinajstić information content (AvgIpc) is 3.69. The van der Waals surface area contributed by atoms with Crippen molar-refractivity contribution < 1.29 is 4.42 Å². The zero-order valence-electron chi connectivity index (χ0n) is 32.0. The standard InChI is InChI=1S/C56H39NO/c1-3-13-39(14-4-1)46-34-35-47(50-19-8-7-18-49(46)50)41-27-32-45(33-28-41)57(53-21-11-9-17-48(53)40-15-5-2-6-16-40)44-30-25-38(26-31-44)43-24-23-42-29-36-55-56(52(42)37-43)51-20-10-12-22-54(51)58-55/h1-8,10,12-37H,9,11H2. The van der Waals surface area contributed by atoms with Gasteiger partial charge < -0.3 is 9.32 Å². The van der Waals surface area contributed by atoms with Gasteiger partial charge in [0.1, 0.15) is 11.2 Å².